The van der Waals surface area contributed by atoms with Gasteiger partial charge in [0.1, 0.15) is 28.4 Å². The van der Waals surface area contributed by atoms with Crippen LogP contribution in [0, 0.1) is 12.8 Å². The molecule has 166 valence electrons. The summed E-state index contributed by atoms with van der Waals surface area (Å²) in [6.07, 6.45) is 0.0296. The summed E-state index contributed by atoms with van der Waals surface area (Å²) in [5.41, 5.74) is -0.0184. The smallest absolute Gasteiger partial charge is 0.411 e. The van der Waals surface area contributed by atoms with E-state index in [4.69, 9.17) is 20.9 Å². The summed E-state index contributed by atoms with van der Waals surface area (Å²) in [7, 11) is 0. The third-order valence-corrected chi connectivity index (χ3v) is 5.93. The van der Waals surface area contributed by atoms with Crippen LogP contribution in [0.25, 0.3) is 21.8 Å². The second-order valence-corrected chi connectivity index (χ2v) is 9.42. The molecule has 1 aliphatic heterocycles. The number of rotatable bonds is 2. The first kappa shape index (κ1) is 21.6. The van der Waals surface area contributed by atoms with Gasteiger partial charge in [0, 0.05) is 18.5 Å². The van der Waals surface area contributed by atoms with Crippen LogP contribution in [0.15, 0.2) is 27.5 Å². The second kappa shape index (κ2) is 7.84. The molecule has 1 aromatic carbocycles. The van der Waals surface area contributed by atoms with E-state index >= 15 is 0 Å². The van der Waals surface area contributed by atoms with Crippen LogP contribution < -0.4 is 5.56 Å². The Bertz CT molecular complexity index is 1210. The van der Waals surface area contributed by atoms with Crippen molar-refractivity contribution in [1.29, 1.82) is 0 Å². The summed E-state index contributed by atoms with van der Waals surface area (Å²) in [6.45, 7) is 7.30. The number of carbonyl (C=O) groups excluding carboxylic acids is 1. The minimum absolute atomic E-state index is 0.0444. The van der Waals surface area contributed by atoms with Gasteiger partial charge in [0.05, 0.1) is 10.5 Å². The van der Waals surface area contributed by atoms with Gasteiger partial charge in [0.15, 0.2) is 0 Å². The van der Waals surface area contributed by atoms with E-state index in [1.807, 2.05) is 0 Å². The third kappa shape index (κ3) is 3.78. The second-order valence-electron chi connectivity index (χ2n) is 9.01. The van der Waals surface area contributed by atoms with Crippen LogP contribution in [0.2, 0.25) is 5.02 Å². The Kier molecular flexibility index (Phi) is 5.47. The summed E-state index contributed by atoms with van der Waals surface area (Å²) in [5.74, 6) is 0.304. The van der Waals surface area contributed by atoms with Gasteiger partial charge >= 0.3 is 6.09 Å². The lowest BCUT2D eigenvalue weighted by Gasteiger charge is -2.40. The molecule has 8 nitrogen and oxygen atoms in total. The molecular weight excluding hydrogens is 422 g/mol. The molecule has 1 aliphatic rings. The van der Waals surface area contributed by atoms with Crippen LogP contribution >= 0.6 is 11.6 Å². The van der Waals surface area contributed by atoms with Gasteiger partial charge in [-0.3, -0.25) is 14.3 Å². The fraction of sp³-hybridized carbons (Fsp3) is 0.500. The molecule has 4 rings (SSSR count). The van der Waals surface area contributed by atoms with Gasteiger partial charge in [0.25, 0.3) is 5.56 Å². The number of pyridine rings is 1. The summed E-state index contributed by atoms with van der Waals surface area (Å²) >= 11 is 6.50. The molecule has 1 N–H and O–H groups in total. The van der Waals surface area contributed by atoms with E-state index in [0.717, 1.165) is 0 Å². The van der Waals surface area contributed by atoms with E-state index in [0.29, 0.717) is 45.4 Å². The maximum absolute atomic E-state index is 13.6. The predicted molar refractivity (Wildman–Crippen MR) is 117 cm³/mol. The number of carbonyl (C=O) groups is 1. The molecule has 0 aliphatic carbocycles. The number of aliphatic hydroxyl groups excluding tert-OH is 1. The van der Waals surface area contributed by atoms with Gasteiger partial charge in [-0.1, -0.05) is 22.8 Å². The number of benzene rings is 1. The highest BCUT2D eigenvalue weighted by Crippen LogP contribution is 2.36. The first-order valence-electron chi connectivity index (χ1n) is 10.3. The Labute approximate surface area is 184 Å². The van der Waals surface area contributed by atoms with E-state index < -0.39 is 17.9 Å². The Morgan fingerprint density at radius 2 is 2.06 bits per heavy atom. The van der Waals surface area contributed by atoms with Crippen molar-refractivity contribution in [3.05, 3.63) is 39.3 Å². The molecule has 31 heavy (non-hydrogen) atoms. The monoisotopic (exact) mass is 447 g/mol. The van der Waals surface area contributed by atoms with Crippen LogP contribution in [0.5, 0.6) is 0 Å². The molecule has 0 saturated carbocycles. The number of piperidine rings is 1. The Morgan fingerprint density at radius 1 is 1.32 bits per heavy atom. The van der Waals surface area contributed by atoms with Gasteiger partial charge in [-0.25, -0.2) is 4.79 Å². The van der Waals surface area contributed by atoms with Gasteiger partial charge < -0.3 is 14.4 Å². The lowest BCUT2D eigenvalue weighted by Crippen LogP contribution is -2.49. The first-order chi connectivity index (χ1) is 14.6. The lowest BCUT2D eigenvalue weighted by molar-refractivity contribution is -0.0145. The molecule has 0 radical (unpaired) electrons. The molecule has 3 heterocycles. The number of halogens is 1. The molecule has 3 aromatic rings. The molecule has 2 aromatic heterocycles. The van der Waals surface area contributed by atoms with Crippen LogP contribution in [0.3, 0.4) is 0 Å². The van der Waals surface area contributed by atoms with Crippen molar-refractivity contribution in [3.63, 3.8) is 0 Å². The number of aryl methyl sites for hydroxylation is 1. The number of fused-ring (bicyclic) bond motifs is 3. The molecule has 2 unspecified atom stereocenters. The quantitative estimate of drug-likeness (QED) is 0.630. The number of aromatic nitrogens is 2. The Hall–Kier alpha value is -2.58. The summed E-state index contributed by atoms with van der Waals surface area (Å²) in [4.78, 5) is 28.3. The SMILES string of the molecule is Cc1onc2c1c(=O)n(C1CCC(CO)CN1C(=O)OC(C)(C)C)c1cccc(Cl)c21. The molecule has 0 bridgehead atoms. The zero-order chi connectivity index (χ0) is 22.5. The van der Waals surface area contributed by atoms with Crippen molar-refractivity contribution in [2.24, 2.45) is 5.92 Å². The van der Waals surface area contributed by atoms with Crippen LogP contribution in [-0.4, -0.2) is 44.6 Å². The number of hydrogen-bond donors (Lipinski definition) is 1. The number of hydrogen-bond acceptors (Lipinski definition) is 6. The van der Waals surface area contributed by atoms with Crippen molar-refractivity contribution < 1.29 is 19.2 Å². The highest BCUT2D eigenvalue weighted by atomic mass is 35.5. The fourth-order valence-electron chi connectivity index (χ4n) is 4.23. The topological polar surface area (TPSA) is 97.8 Å². The minimum atomic E-state index is -0.695. The molecule has 1 amide bonds. The highest BCUT2D eigenvalue weighted by Gasteiger charge is 2.37. The van der Waals surface area contributed by atoms with Gasteiger partial charge in [-0.2, -0.15) is 0 Å². The number of ether oxygens (including phenoxy) is 1. The summed E-state index contributed by atoms with van der Waals surface area (Å²) in [5, 5.41) is 15.2. The molecule has 1 fully saturated rings. The zero-order valence-corrected chi connectivity index (χ0v) is 18.8. The van der Waals surface area contributed by atoms with Crippen LogP contribution in [0.1, 0.15) is 45.5 Å². The fourth-order valence-corrected chi connectivity index (χ4v) is 4.49. The molecule has 2 atom stereocenters. The maximum atomic E-state index is 13.6. The summed E-state index contributed by atoms with van der Waals surface area (Å²) < 4.78 is 12.5. The largest absolute Gasteiger partial charge is 0.444 e. The Morgan fingerprint density at radius 3 is 2.74 bits per heavy atom. The zero-order valence-electron chi connectivity index (χ0n) is 18.0. The predicted octanol–water partition coefficient (Wildman–Crippen LogP) is 4.24. The van der Waals surface area contributed by atoms with Crippen molar-refractivity contribution in [2.45, 2.75) is 52.3 Å². The average molecular weight is 448 g/mol. The van der Waals surface area contributed by atoms with Gasteiger partial charge in [-0.05, 0) is 58.6 Å². The normalized spacial score (nSPS) is 19.9. The molecule has 9 heteroatoms. The third-order valence-electron chi connectivity index (χ3n) is 5.62. The van der Waals surface area contributed by atoms with Crippen LogP contribution in [-0.2, 0) is 4.74 Å². The summed E-state index contributed by atoms with van der Waals surface area (Å²) in [6, 6.07) is 5.28. The number of amides is 1. The van der Waals surface area contributed by atoms with Crippen LogP contribution in [0.4, 0.5) is 4.79 Å². The molecular formula is C22H26ClN3O5. The van der Waals surface area contributed by atoms with E-state index in [2.05, 4.69) is 5.16 Å². The molecule has 1 saturated heterocycles. The average Bonchev–Trinajstić information content (AvgIpc) is 3.08. The minimum Gasteiger partial charge on any atom is -0.444 e. The van der Waals surface area contributed by atoms with E-state index in [9.17, 15) is 14.7 Å². The standard InChI is InChI=1S/C22H26ClN3O5/c1-12-17-19(24-31-12)18-14(23)6-5-7-15(18)26(20(17)28)16-9-8-13(11-27)10-25(16)21(29)30-22(2,3)4/h5-7,13,16,27H,8-11H2,1-4H3. The highest BCUT2D eigenvalue weighted by molar-refractivity contribution is 6.37. The van der Waals surface area contributed by atoms with Crippen molar-refractivity contribution in [1.82, 2.24) is 14.6 Å². The van der Waals surface area contributed by atoms with E-state index in [1.165, 1.54) is 4.90 Å². The first-order valence-corrected chi connectivity index (χ1v) is 10.7. The lowest BCUT2D eigenvalue weighted by atomic mass is 9.96. The van der Waals surface area contributed by atoms with Crippen molar-refractivity contribution >= 4 is 39.5 Å². The van der Waals surface area contributed by atoms with Crippen molar-refractivity contribution in [2.75, 3.05) is 13.2 Å². The van der Waals surface area contributed by atoms with Gasteiger partial charge in [-0.15, -0.1) is 0 Å². The van der Waals surface area contributed by atoms with E-state index in [1.54, 1.807) is 50.5 Å². The Balaban J connectivity index is 1.95. The van der Waals surface area contributed by atoms with E-state index in [-0.39, 0.29) is 24.6 Å². The molecule has 0 spiro atoms. The number of likely N-dealkylation sites (tertiary alicyclic amines) is 1. The number of nitrogens with zero attached hydrogens (tertiary/aromatic N) is 3. The van der Waals surface area contributed by atoms with Gasteiger partial charge in [0.2, 0.25) is 0 Å². The van der Waals surface area contributed by atoms with Crippen molar-refractivity contribution in [3.8, 4) is 0 Å². The maximum Gasteiger partial charge on any atom is 0.411 e. The number of aliphatic hydroxyl groups is 1.